The van der Waals surface area contributed by atoms with Crippen LogP contribution in [0.1, 0.15) is 50.5 Å². The summed E-state index contributed by atoms with van der Waals surface area (Å²) in [5.74, 6) is 0.644. The van der Waals surface area contributed by atoms with E-state index < -0.39 is 0 Å². The van der Waals surface area contributed by atoms with Crippen LogP contribution in [0.2, 0.25) is 0 Å². The lowest BCUT2D eigenvalue weighted by molar-refractivity contribution is -0.118. The summed E-state index contributed by atoms with van der Waals surface area (Å²) in [7, 11) is 0. The van der Waals surface area contributed by atoms with E-state index in [0.717, 1.165) is 35.9 Å². The fraction of sp³-hybridized carbons (Fsp3) is 0.500. The Morgan fingerprint density at radius 3 is 2.90 bits per heavy atom. The van der Waals surface area contributed by atoms with Gasteiger partial charge in [0.15, 0.2) is 5.58 Å². The zero-order valence-corrected chi connectivity index (χ0v) is 12.6. The van der Waals surface area contributed by atoms with Gasteiger partial charge in [-0.3, -0.25) is 4.79 Å². The van der Waals surface area contributed by atoms with Gasteiger partial charge in [-0.25, -0.2) is 4.98 Å². The van der Waals surface area contributed by atoms with Gasteiger partial charge in [-0.15, -0.1) is 0 Å². The number of aromatic nitrogens is 1. The number of rotatable bonds is 7. The second-order valence-corrected chi connectivity index (χ2v) is 5.22. The molecule has 0 saturated heterocycles. The Kier molecular flexibility index (Phi) is 5.33. The van der Waals surface area contributed by atoms with Crippen LogP contribution in [0.3, 0.4) is 0 Å². The van der Waals surface area contributed by atoms with Gasteiger partial charge in [0.1, 0.15) is 12.1 Å². The molecule has 0 aliphatic rings. The van der Waals surface area contributed by atoms with Crippen molar-refractivity contribution in [2.75, 3.05) is 6.54 Å². The molecule has 0 aliphatic carbocycles. The van der Waals surface area contributed by atoms with Gasteiger partial charge in [0.25, 0.3) is 0 Å². The second-order valence-electron chi connectivity index (χ2n) is 5.22. The third-order valence-electron chi connectivity index (χ3n) is 3.57. The number of hydrogen-bond acceptors (Lipinski definition) is 4. The highest BCUT2D eigenvalue weighted by Gasteiger charge is 2.17. The van der Waals surface area contributed by atoms with Crippen LogP contribution in [0.5, 0.6) is 0 Å². The lowest BCUT2D eigenvalue weighted by atomic mass is 9.91. The van der Waals surface area contributed by atoms with Crippen molar-refractivity contribution >= 4 is 17.0 Å². The molecule has 2 rings (SSSR count). The fourth-order valence-corrected chi connectivity index (χ4v) is 2.63. The average molecular weight is 290 g/mol. The minimum absolute atomic E-state index is 0.00862. The summed E-state index contributed by atoms with van der Waals surface area (Å²) in [5, 5.41) is 12.0. The summed E-state index contributed by atoms with van der Waals surface area (Å²) < 4.78 is 5.65. The van der Waals surface area contributed by atoms with E-state index in [0.29, 0.717) is 18.4 Å². The van der Waals surface area contributed by atoms with Gasteiger partial charge in [0, 0.05) is 19.0 Å². The highest BCUT2D eigenvalue weighted by atomic mass is 16.4. The van der Waals surface area contributed by atoms with Crippen molar-refractivity contribution in [2.45, 2.75) is 45.6 Å². The lowest BCUT2D eigenvalue weighted by Crippen LogP contribution is -2.22. The molecular formula is C16H22N2O3. The third-order valence-corrected chi connectivity index (χ3v) is 3.57. The Hall–Kier alpha value is -1.88. The number of para-hydroxylation sites is 1. The number of benzene rings is 1. The van der Waals surface area contributed by atoms with Crippen LogP contribution in [0.15, 0.2) is 22.6 Å². The van der Waals surface area contributed by atoms with Crippen LogP contribution in [0.25, 0.3) is 11.1 Å². The maximum Gasteiger partial charge on any atom is 0.221 e. The van der Waals surface area contributed by atoms with Crippen molar-refractivity contribution in [3.8, 4) is 0 Å². The highest BCUT2D eigenvalue weighted by Crippen LogP contribution is 2.31. The van der Waals surface area contributed by atoms with Gasteiger partial charge in [0.2, 0.25) is 11.8 Å². The van der Waals surface area contributed by atoms with E-state index in [1.165, 1.54) is 6.92 Å². The first-order chi connectivity index (χ1) is 10.2. The average Bonchev–Trinajstić information content (AvgIpc) is 2.89. The van der Waals surface area contributed by atoms with Gasteiger partial charge >= 0.3 is 0 Å². The molecule has 5 nitrogen and oxygen atoms in total. The molecule has 1 aromatic carbocycles. The van der Waals surface area contributed by atoms with Crippen LogP contribution in [-0.4, -0.2) is 22.5 Å². The van der Waals surface area contributed by atoms with Crippen molar-refractivity contribution in [3.63, 3.8) is 0 Å². The number of carbonyl (C=O) groups excluding carboxylic acids is 1. The molecule has 0 bridgehead atoms. The minimum atomic E-state index is -0.196. The molecule has 0 spiro atoms. The van der Waals surface area contributed by atoms with E-state index in [-0.39, 0.29) is 12.5 Å². The molecule has 0 fully saturated rings. The van der Waals surface area contributed by atoms with E-state index >= 15 is 0 Å². The molecule has 1 unspecified atom stereocenters. The summed E-state index contributed by atoms with van der Waals surface area (Å²) in [6, 6.07) is 5.89. The summed E-state index contributed by atoms with van der Waals surface area (Å²) >= 11 is 0. The van der Waals surface area contributed by atoms with Crippen LogP contribution >= 0.6 is 0 Å². The zero-order valence-electron chi connectivity index (χ0n) is 12.6. The predicted molar refractivity (Wildman–Crippen MR) is 80.9 cm³/mol. The molecular weight excluding hydrogens is 268 g/mol. The number of aliphatic hydroxyl groups is 1. The van der Waals surface area contributed by atoms with Crippen molar-refractivity contribution in [2.24, 2.45) is 0 Å². The summed E-state index contributed by atoms with van der Waals surface area (Å²) in [6.45, 7) is 4.13. The Balaban J connectivity index is 2.26. The maximum absolute atomic E-state index is 11.0. The van der Waals surface area contributed by atoms with Crippen LogP contribution in [0.4, 0.5) is 0 Å². The Bertz CT molecular complexity index is 607. The van der Waals surface area contributed by atoms with Crippen molar-refractivity contribution in [3.05, 3.63) is 29.7 Å². The van der Waals surface area contributed by atoms with E-state index in [9.17, 15) is 9.90 Å². The number of carbonyl (C=O) groups is 1. The van der Waals surface area contributed by atoms with Crippen LogP contribution in [0, 0.1) is 0 Å². The van der Waals surface area contributed by atoms with Crippen LogP contribution < -0.4 is 5.32 Å². The predicted octanol–water partition coefficient (Wildman–Crippen LogP) is 2.73. The Labute approximate surface area is 124 Å². The van der Waals surface area contributed by atoms with E-state index in [4.69, 9.17) is 4.42 Å². The second kappa shape index (κ2) is 7.22. The molecule has 2 aromatic rings. The van der Waals surface area contributed by atoms with Gasteiger partial charge in [-0.2, -0.15) is 0 Å². The van der Waals surface area contributed by atoms with E-state index in [1.54, 1.807) is 0 Å². The number of nitrogens with zero attached hydrogens (tertiary/aromatic N) is 1. The number of amides is 1. The first-order valence-corrected chi connectivity index (χ1v) is 7.39. The number of oxazole rings is 1. The molecule has 1 atom stereocenters. The van der Waals surface area contributed by atoms with Gasteiger partial charge in [-0.05, 0) is 24.8 Å². The van der Waals surface area contributed by atoms with E-state index in [2.05, 4.69) is 17.2 Å². The van der Waals surface area contributed by atoms with Crippen molar-refractivity contribution < 1.29 is 14.3 Å². The third kappa shape index (κ3) is 3.82. The Morgan fingerprint density at radius 1 is 1.43 bits per heavy atom. The van der Waals surface area contributed by atoms with Crippen molar-refractivity contribution in [1.82, 2.24) is 10.3 Å². The quantitative estimate of drug-likeness (QED) is 0.822. The number of fused-ring (bicyclic) bond motifs is 1. The first-order valence-electron chi connectivity index (χ1n) is 7.39. The van der Waals surface area contributed by atoms with Crippen molar-refractivity contribution in [1.29, 1.82) is 0 Å². The molecule has 114 valence electrons. The molecule has 1 heterocycles. The molecule has 1 amide bonds. The number of hydrogen-bond donors (Lipinski definition) is 2. The standard InChI is InChI=1S/C16H22N2O3/c1-3-5-12(8-9-17-11(2)20)13-6-4-7-14-16(13)21-15(10-19)18-14/h4,6-7,12,19H,3,5,8-10H2,1-2H3,(H,17,20). The first kappa shape index (κ1) is 15.5. The molecule has 5 heteroatoms. The summed E-state index contributed by atoms with van der Waals surface area (Å²) in [4.78, 5) is 15.3. The van der Waals surface area contributed by atoms with Gasteiger partial charge in [0.05, 0.1) is 0 Å². The Morgan fingerprint density at radius 2 is 2.24 bits per heavy atom. The molecule has 0 radical (unpaired) electrons. The summed E-state index contributed by atoms with van der Waals surface area (Å²) in [5.41, 5.74) is 2.63. The van der Waals surface area contributed by atoms with Gasteiger partial charge < -0.3 is 14.8 Å². The fourth-order valence-electron chi connectivity index (χ4n) is 2.63. The topological polar surface area (TPSA) is 75.4 Å². The highest BCUT2D eigenvalue weighted by molar-refractivity contribution is 5.77. The smallest absolute Gasteiger partial charge is 0.221 e. The monoisotopic (exact) mass is 290 g/mol. The number of nitrogens with one attached hydrogen (secondary N) is 1. The molecule has 0 saturated carbocycles. The minimum Gasteiger partial charge on any atom is -0.438 e. The molecule has 21 heavy (non-hydrogen) atoms. The molecule has 2 N–H and O–H groups in total. The van der Waals surface area contributed by atoms with Gasteiger partial charge in [-0.1, -0.05) is 25.5 Å². The zero-order chi connectivity index (χ0) is 15.2. The van der Waals surface area contributed by atoms with E-state index in [1.807, 2.05) is 18.2 Å². The molecule has 0 aliphatic heterocycles. The normalized spacial score (nSPS) is 12.5. The van der Waals surface area contributed by atoms with Crippen LogP contribution in [-0.2, 0) is 11.4 Å². The lowest BCUT2D eigenvalue weighted by Gasteiger charge is -2.16. The SMILES string of the molecule is CCCC(CCNC(C)=O)c1cccc2nc(CO)oc12. The molecule has 1 aromatic heterocycles. The number of aliphatic hydroxyl groups excluding tert-OH is 1. The maximum atomic E-state index is 11.0. The summed E-state index contributed by atoms with van der Waals surface area (Å²) in [6.07, 6.45) is 2.94. The largest absolute Gasteiger partial charge is 0.438 e.